The molecule has 0 radical (unpaired) electrons. The number of carbonyl (C=O) groups excluding carboxylic acids is 1. The van der Waals surface area contributed by atoms with Crippen LogP contribution < -0.4 is 5.43 Å². The van der Waals surface area contributed by atoms with Gasteiger partial charge in [0.1, 0.15) is 0 Å². The summed E-state index contributed by atoms with van der Waals surface area (Å²) in [4.78, 5) is 21.9. The van der Waals surface area contributed by atoms with Gasteiger partial charge in [-0.2, -0.15) is 5.10 Å². The first-order valence-corrected chi connectivity index (χ1v) is 6.28. The molecule has 1 N–H and O–H groups in total. The maximum atomic E-state index is 11.8. The van der Waals surface area contributed by atoms with Crippen LogP contribution in [0.4, 0.5) is 5.69 Å². The van der Waals surface area contributed by atoms with Crippen LogP contribution in [0.3, 0.4) is 0 Å². The highest BCUT2D eigenvalue weighted by Gasteiger charge is 2.08. The van der Waals surface area contributed by atoms with E-state index in [9.17, 15) is 14.9 Å². The van der Waals surface area contributed by atoms with Crippen LogP contribution in [0.15, 0.2) is 53.6 Å². The molecule has 0 unspecified atom stereocenters. The smallest absolute Gasteiger partial charge is 0.267 e. The summed E-state index contributed by atoms with van der Waals surface area (Å²) in [7, 11) is 0. The fourth-order valence-electron chi connectivity index (χ4n) is 1.59. The van der Waals surface area contributed by atoms with Gasteiger partial charge in [-0.05, 0) is 12.1 Å². The monoisotopic (exact) mass is 303 g/mol. The number of nitro benzene ring substituents is 1. The molecule has 2 rings (SSSR count). The zero-order valence-electron chi connectivity index (χ0n) is 10.7. The van der Waals surface area contributed by atoms with Crippen LogP contribution in [0, 0.1) is 10.1 Å². The first-order chi connectivity index (χ1) is 10.1. The quantitative estimate of drug-likeness (QED) is 0.535. The normalized spacial score (nSPS) is 10.5. The second-order valence-electron chi connectivity index (χ2n) is 4.03. The molecule has 0 fully saturated rings. The molecule has 6 nitrogen and oxygen atoms in total. The summed E-state index contributed by atoms with van der Waals surface area (Å²) in [6.45, 7) is 0. The van der Waals surface area contributed by atoms with Gasteiger partial charge in [0.25, 0.3) is 11.6 Å². The lowest BCUT2D eigenvalue weighted by molar-refractivity contribution is -0.384. The lowest BCUT2D eigenvalue weighted by Gasteiger charge is -2.01. The van der Waals surface area contributed by atoms with Gasteiger partial charge in [-0.1, -0.05) is 35.9 Å². The maximum absolute atomic E-state index is 11.8. The molecule has 0 heterocycles. The second kappa shape index (κ2) is 6.62. The van der Waals surface area contributed by atoms with Gasteiger partial charge in [0.2, 0.25) is 0 Å². The number of carbonyl (C=O) groups is 1. The van der Waals surface area contributed by atoms with E-state index in [1.54, 1.807) is 30.3 Å². The minimum atomic E-state index is -0.500. The number of nitrogens with one attached hydrogen (secondary N) is 1. The summed E-state index contributed by atoms with van der Waals surface area (Å²) in [6.07, 6.45) is 1.32. The molecule has 0 aliphatic carbocycles. The van der Waals surface area contributed by atoms with E-state index in [1.165, 1.54) is 24.4 Å². The van der Waals surface area contributed by atoms with Crippen molar-refractivity contribution in [2.75, 3.05) is 0 Å². The first kappa shape index (κ1) is 14.7. The lowest BCUT2D eigenvalue weighted by Crippen LogP contribution is -2.17. The van der Waals surface area contributed by atoms with Crippen LogP contribution in [0.25, 0.3) is 0 Å². The Balaban J connectivity index is 2.06. The molecule has 0 saturated carbocycles. The van der Waals surface area contributed by atoms with Gasteiger partial charge >= 0.3 is 0 Å². The van der Waals surface area contributed by atoms with E-state index < -0.39 is 10.8 Å². The Kier molecular flexibility index (Phi) is 4.63. The van der Waals surface area contributed by atoms with Gasteiger partial charge < -0.3 is 0 Å². The van der Waals surface area contributed by atoms with Crippen molar-refractivity contribution in [3.05, 3.63) is 74.8 Å². The minimum absolute atomic E-state index is 0.0450. The van der Waals surface area contributed by atoms with E-state index in [4.69, 9.17) is 11.6 Å². The van der Waals surface area contributed by atoms with E-state index in [0.29, 0.717) is 16.1 Å². The molecule has 1 amide bonds. The highest BCUT2D eigenvalue weighted by atomic mass is 35.5. The van der Waals surface area contributed by atoms with Crippen molar-refractivity contribution in [3.8, 4) is 0 Å². The Morgan fingerprint density at radius 2 is 2.00 bits per heavy atom. The summed E-state index contributed by atoms with van der Waals surface area (Å²) in [6, 6.07) is 12.5. The molecule has 0 spiro atoms. The molecule has 106 valence electrons. The number of nitro groups is 1. The van der Waals surface area contributed by atoms with Crippen LogP contribution in [0.5, 0.6) is 0 Å². The molecule has 0 aliphatic heterocycles. The maximum Gasteiger partial charge on any atom is 0.272 e. The zero-order chi connectivity index (χ0) is 15.2. The number of hydrazone groups is 1. The molecule has 2 aromatic rings. The van der Waals surface area contributed by atoms with E-state index in [1.807, 2.05) is 0 Å². The van der Waals surface area contributed by atoms with Gasteiger partial charge in [0.15, 0.2) is 0 Å². The summed E-state index contributed by atoms with van der Waals surface area (Å²) in [5.74, 6) is -0.456. The summed E-state index contributed by atoms with van der Waals surface area (Å²) < 4.78 is 0. The van der Waals surface area contributed by atoms with Crippen LogP contribution in [-0.4, -0.2) is 17.0 Å². The van der Waals surface area contributed by atoms with E-state index in [0.717, 1.165) is 0 Å². The van der Waals surface area contributed by atoms with Crippen molar-refractivity contribution in [3.63, 3.8) is 0 Å². The van der Waals surface area contributed by atoms with Crippen LogP contribution in [0.1, 0.15) is 15.9 Å². The topological polar surface area (TPSA) is 84.6 Å². The number of nitrogens with zero attached hydrogens (tertiary/aromatic N) is 2. The predicted molar refractivity (Wildman–Crippen MR) is 79.6 cm³/mol. The Morgan fingerprint density at radius 1 is 1.24 bits per heavy atom. The second-order valence-corrected chi connectivity index (χ2v) is 4.44. The molecule has 2 aromatic carbocycles. The number of non-ortho nitro benzene ring substituents is 1. The third-order valence-electron chi connectivity index (χ3n) is 2.58. The number of amides is 1. The summed E-state index contributed by atoms with van der Waals surface area (Å²) in [5.41, 5.74) is 3.07. The van der Waals surface area contributed by atoms with E-state index >= 15 is 0 Å². The standard InChI is InChI=1S/C14H10ClN3O3/c15-13-7-2-1-6-12(13)14(19)17-16-9-10-4-3-5-11(8-10)18(20)21/h1-9H,(H,17,19)/b16-9+. The number of halogens is 1. The van der Waals surface area contributed by atoms with Crippen molar-refractivity contribution < 1.29 is 9.72 Å². The Hall–Kier alpha value is -2.73. The van der Waals surface area contributed by atoms with Crippen LogP contribution in [0.2, 0.25) is 5.02 Å². The molecular formula is C14H10ClN3O3. The predicted octanol–water partition coefficient (Wildman–Crippen LogP) is 3.01. The largest absolute Gasteiger partial charge is 0.272 e. The van der Waals surface area contributed by atoms with Crippen molar-refractivity contribution in [1.29, 1.82) is 0 Å². The zero-order valence-corrected chi connectivity index (χ0v) is 11.4. The fraction of sp³-hybridized carbons (Fsp3) is 0. The van der Waals surface area contributed by atoms with Crippen molar-refractivity contribution in [2.24, 2.45) is 5.10 Å². The van der Waals surface area contributed by atoms with Crippen molar-refractivity contribution in [1.82, 2.24) is 5.43 Å². The van der Waals surface area contributed by atoms with Gasteiger partial charge in [-0.15, -0.1) is 0 Å². The molecule has 0 aliphatic rings. The summed E-state index contributed by atoms with van der Waals surface area (Å²) in [5, 5.41) is 14.7. The van der Waals surface area contributed by atoms with Crippen molar-refractivity contribution in [2.45, 2.75) is 0 Å². The average Bonchev–Trinajstić information content (AvgIpc) is 2.48. The molecular weight excluding hydrogens is 294 g/mol. The minimum Gasteiger partial charge on any atom is -0.267 e. The average molecular weight is 304 g/mol. The van der Waals surface area contributed by atoms with Crippen LogP contribution in [-0.2, 0) is 0 Å². The summed E-state index contributed by atoms with van der Waals surface area (Å²) >= 11 is 5.88. The molecule has 0 bridgehead atoms. The Bertz CT molecular complexity index is 716. The third kappa shape index (κ3) is 3.87. The van der Waals surface area contributed by atoms with Gasteiger partial charge in [0, 0.05) is 17.7 Å². The van der Waals surface area contributed by atoms with Gasteiger partial charge in [-0.25, -0.2) is 5.43 Å². The fourth-order valence-corrected chi connectivity index (χ4v) is 1.81. The highest BCUT2D eigenvalue weighted by molar-refractivity contribution is 6.33. The number of benzene rings is 2. The van der Waals surface area contributed by atoms with Gasteiger partial charge in [-0.3, -0.25) is 14.9 Å². The Labute approximate surface area is 125 Å². The molecule has 21 heavy (non-hydrogen) atoms. The first-order valence-electron chi connectivity index (χ1n) is 5.90. The lowest BCUT2D eigenvalue weighted by atomic mass is 10.2. The Morgan fingerprint density at radius 3 is 2.71 bits per heavy atom. The highest BCUT2D eigenvalue weighted by Crippen LogP contribution is 2.14. The number of rotatable bonds is 4. The van der Waals surface area contributed by atoms with Crippen molar-refractivity contribution >= 4 is 29.4 Å². The number of hydrogen-bond acceptors (Lipinski definition) is 4. The molecule has 0 atom stereocenters. The van der Waals surface area contributed by atoms with E-state index in [2.05, 4.69) is 10.5 Å². The molecule has 0 aromatic heterocycles. The van der Waals surface area contributed by atoms with E-state index in [-0.39, 0.29) is 5.69 Å². The molecule has 7 heteroatoms. The van der Waals surface area contributed by atoms with Gasteiger partial charge in [0.05, 0.1) is 21.7 Å². The SMILES string of the molecule is O=C(N/N=C/c1cccc([N+](=O)[O-])c1)c1ccccc1Cl. The number of hydrogen-bond donors (Lipinski definition) is 1. The third-order valence-corrected chi connectivity index (χ3v) is 2.91. The molecule has 0 saturated heterocycles. The van der Waals surface area contributed by atoms with Crippen LogP contribution >= 0.6 is 11.6 Å².